The van der Waals surface area contributed by atoms with Crippen LogP contribution in [0.2, 0.25) is 0 Å². The third kappa shape index (κ3) is 2.79. The highest BCUT2D eigenvalue weighted by molar-refractivity contribution is 7.16. The fourth-order valence-electron chi connectivity index (χ4n) is 1.88. The molecule has 0 aliphatic heterocycles. The number of nitrogens with zero attached hydrogens (tertiary/aromatic N) is 1. The highest BCUT2D eigenvalue weighted by Crippen LogP contribution is 2.31. The van der Waals surface area contributed by atoms with Gasteiger partial charge in [-0.2, -0.15) is 5.26 Å². The molecule has 0 saturated carbocycles. The highest BCUT2D eigenvalue weighted by atomic mass is 32.1. The van der Waals surface area contributed by atoms with Crippen LogP contribution in [0.15, 0.2) is 30.3 Å². The first-order valence-electron chi connectivity index (χ1n) is 6.05. The van der Waals surface area contributed by atoms with Crippen molar-refractivity contribution in [1.82, 2.24) is 5.32 Å². The van der Waals surface area contributed by atoms with Gasteiger partial charge in [0.25, 0.3) is 0 Å². The Hall–Kier alpha value is -1.63. The minimum atomic E-state index is 0.765. The van der Waals surface area contributed by atoms with E-state index in [1.54, 1.807) is 11.3 Å². The molecule has 0 radical (unpaired) electrons. The van der Waals surface area contributed by atoms with E-state index < -0.39 is 0 Å². The molecule has 0 spiro atoms. The molecule has 2 nitrogen and oxygen atoms in total. The number of nitriles is 1. The summed E-state index contributed by atoms with van der Waals surface area (Å²) in [5, 5.41) is 12.3. The van der Waals surface area contributed by atoms with Crippen LogP contribution in [-0.4, -0.2) is 6.54 Å². The average molecular weight is 256 g/mol. The summed E-state index contributed by atoms with van der Waals surface area (Å²) in [6.45, 7) is 6.03. The maximum Gasteiger partial charge on any atom is 0.110 e. The number of nitrogens with one attached hydrogen (secondary N) is 1. The quantitative estimate of drug-likeness (QED) is 0.905. The van der Waals surface area contributed by atoms with Crippen LogP contribution in [0.3, 0.4) is 0 Å². The summed E-state index contributed by atoms with van der Waals surface area (Å²) in [4.78, 5) is 1.93. The summed E-state index contributed by atoms with van der Waals surface area (Å²) in [5.74, 6) is 0. The van der Waals surface area contributed by atoms with Crippen LogP contribution in [0.25, 0.3) is 10.4 Å². The van der Waals surface area contributed by atoms with Gasteiger partial charge in [0.05, 0.1) is 0 Å². The normalized spacial score (nSPS) is 10.3. The molecule has 1 N–H and O–H groups in total. The zero-order valence-electron chi connectivity index (χ0n) is 10.7. The Morgan fingerprint density at radius 2 is 2.11 bits per heavy atom. The molecule has 0 unspecified atom stereocenters. The fraction of sp³-hybridized carbons (Fsp3) is 0.267. The minimum absolute atomic E-state index is 0.765. The predicted octanol–water partition coefficient (Wildman–Crippen LogP) is 3.70. The molecule has 0 aliphatic carbocycles. The van der Waals surface area contributed by atoms with Crippen molar-refractivity contribution in [2.45, 2.75) is 20.4 Å². The van der Waals surface area contributed by atoms with E-state index >= 15 is 0 Å². The first-order chi connectivity index (χ1) is 8.74. The molecule has 1 aromatic heterocycles. The molecule has 3 heteroatoms. The number of hydrogen-bond donors (Lipinski definition) is 1. The van der Waals surface area contributed by atoms with Crippen LogP contribution in [0, 0.1) is 18.3 Å². The molecule has 2 aromatic rings. The van der Waals surface area contributed by atoms with E-state index in [0.717, 1.165) is 18.0 Å². The second kappa shape index (κ2) is 5.81. The molecular formula is C15H16N2S. The molecule has 2 rings (SSSR count). The van der Waals surface area contributed by atoms with Gasteiger partial charge in [-0.05, 0) is 36.7 Å². The standard InChI is InChI=1S/C15H16N2S/c1-3-17-10-12-5-4-11(2)8-14(12)15-7-6-13(9-16)18-15/h4-8,17H,3,10H2,1-2H3. The Labute approximate surface area is 112 Å². The molecule has 0 amide bonds. The van der Waals surface area contributed by atoms with Gasteiger partial charge < -0.3 is 5.32 Å². The minimum Gasteiger partial charge on any atom is -0.313 e. The Bertz CT molecular complexity index is 578. The van der Waals surface area contributed by atoms with E-state index in [1.807, 2.05) is 12.1 Å². The molecule has 0 bridgehead atoms. The Morgan fingerprint density at radius 1 is 1.28 bits per heavy atom. The lowest BCUT2D eigenvalue weighted by atomic mass is 10.0. The van der Waals surface area contributed by atoms with Crippen molar-refractivity contribution in [3.63, 3.8) is 0 Å². The lowest BCUT2D eigenvalue weighted by Gasteiger charge is -2.09. The van der Waals surface area contributed by atoms with Crippen LogP contribution >= 0.6 is 11.3 Å². The smallest absolute Gasteiger partial charge is 0.110 e. The first-order valence-corrected chi connectivity index (χ1v) is 6.86. The number of benzene rings is 1. The summed E-state index contributed by atoms with van der Waals surface area (Å²) >= 11 is 1.55. The van der Waals surface area contributed by atoms with Gasteiger partial charge in [0.1, 0.15) is 10.9 Å². The van der Waals surface area contributed by atoms with Gasteiger partial charge in [-0.3, -0.25) is 0 Å². The van der Waals surface area contributed by atoms with Crippen molar-refractivity contribution < 1.29 is 0 Å². The number of thiophene rings is 1. The average Bonchev–Trinajstić information content (AvgIpc) is 2.86. The molecule has 0 saturated heterocycles. The molecule has 0 aliphatic rings. The van der Waals surface area contributed by atoms with Gasteiger partial charge in [0, 0.05) is 11.4 Å². The van der Waals surface area contributed by atoms with Gasteiger partial charge in [-0.1, -0.05) is 30.7 Å². The Balaban J connectivity index is 2.41. The second-order valence-electron chi connectivity index (χ2n) is 4.22. The highest BCUT2D eigenvalue weighted by Gasteiger charge is 2.08. The lowest BCUT2D eigenvalue weighted by molar-refractivity contribution is 0.728. The third-order valence-electron chi connectivity index (χ3n) is 2.81. The van der Waals surface area contributed by atoms with Crippen molar-refractivity contribution in [2.24, 2.45) is 0 Å². The summed E-state index contributed by atoms with van der Waals surface area (Å²) in [6, 6.07) is 12.6. The lowest BCUT2D eigenvalue weighted by Crippen LogP contribution is -2.12. The van der Waals surface area contributed by atoms with Gasteiger partial charge in [-0.15, -0.1) is 11.3 Å². The zero-order chi connectivity index (χ0) is 13.0. The van der Waals surface area contributed by atoms with Crippen LogP contribution in [0.5, 0.6) is 0 Å². The van der Waals surface area contributed by atoms with E-state index in [-0.39, 0.29) is 0 Å². The van der Waals surface area contributed by atoms with E-state index in [1.165, 1.54) is 21.6 Å². The van der Waals surface area contributed by atoms with E-state index in [0.29, 0.717) is 0 Å². The monoisotopic (exact) mass is 256 g/mol. The zero-order valence-corrected chi connectivity index (χ0v) is 11.5. The molecular weight excluding hydrogens is 240 g/mol. The molecule has 92 valence electrons. The van der Waals surface area contributed by atoms with Crippen LogP contribution in [0.4, 0.5) is 0 Å². The van der Waals surface area contributed by atoms with Gasteiger partial charge in [0.15, 0.2) is 0 Å². The SMILES string of the molecule is CCNCc1ccc(C)cc1-c1ccc(C#N)s1. The molecule has 0 atom stereocenters. The van der Waals surface area contributed by atoms with E-state index in [9.17, 15) is 0 Å². The topological polar surface area (TPSA) is 35.8 Å². The van der Waals surface area contributed by atoms with Crippen LogP contribution < -0.4 is 5.32 Å². The summed E-state index contributed by atoms with van der Waals surface area (Å²) in [6.07, 6.45) is 0. The van der Waals surface area contributed by atoms with E-state index in [4.69, 9.17) is 5.26 Å². The first kappa shape index (κ1) is 12.8. The van der Waals surface area contributed by atoms with Crippen molar-refractivity contribution in [2.75, 3.05) is 6.54 Å². The van der Waals surface area contributed by atoms with Gasteiger partial charge in [-0.25, -0.2) is 0 Å². The number of rotatable bonds is 4. The predicted molar refractivity (Wildman–Crippen MR) is 76.6 cm³/mol. The fourth-order valence-corrected chi connectivity index (χ4v) is 2.73. The second-order valence-corrected chi connectivity index (χ2v) is 5.30. The Kier molecular flexibility index (Phi) is 4.14. The molecule has 18 heavy (non-hydrogen) atoms. The van der Waals surface area contributed by atoms with Crippen LogP contribution in [-0.2, 0) is 6.54 Å². The largest absolute Gasteiger partial charge is 0.313 e. The van der Waals surface area contributed by atoms with Crippen LogP contribution in [0.1, 0.15) is 22.9 Å². The van der Waals surface area contributed by atoms with Gasteiger partial charge in [0.2, 0.25) is 0 Å². The summed E-state index contributed by atoms with van der Waals surface area (Å²) in [5.41, 5.74) is 3.77. The number of aryl methyl sites for hydroxylation is 1. The molecule has 1 aromatic carbocycles. The summed E-state index contributed by atoms with van der Waals surface area (Å²) < 4.78 is 0. The van der Waals surface area contributed by atoms with E-state index in [2.05, 4.69) is 43.4 Å². The summed E-state index contributed by atoms with van der Waals surface area (Å²) in [7, 11) is 0. The molecule has 0 fully saturated rings. The van der Waals surface area contributed by atoms with Crippen molar-refractivity contribution in [1.29, 1.82) is 5.26 Å². The van der Waals surface area contributed by atoms with Gasteiger partial charge >= 0.3 is 0 Å². The number of hydrogen-bond acceptors (Lipinski definition) is 3. The third-order valence-corrected chi connectivity index (χ3v) is 3.84. The van der Waals surface area contributed by atoms with Crippen molar-refractivity contribution >= 4 is 11.3 Å². The van der Waals surface area contributed by atoms with Crippen molar-refractivity contribution in [3.05, 3.63) is 46.3 Å². The maximum atomic E-state index is 8.91. The molecule has 1 heterocycles. The maximum absolute atomic E-state index is 8.91. The Morgan fingerprint density at radius 3 is 2.78 bits per heavy atom. The van der Waals surface area contributed by atoms with Crippen molar-refractivity contribution in [3.8, 4) is 16.5 Å².